The second kappa shape index (κ2) is 7.67. The summed E-state index contributed by atoms with van der Waals surface area (Å²) in [5.74, 6) is 1.53. The highest BCUT2D eigenvalue weighted by Crippen LogP contribution is 2.39. The molecule has 0 N–H and O–H groups in total. The first-order chi connectivity index (χ1) is 14.5. The van der Waals surface area contributed by atoms with Crippen molar-refractivity contribution in [1.82, 2.24) is 14.9 Å². The first-order valence-corrected chi connectivity index (χ1v) is 10.7. The van der Waals surface area contributed by atoms with Crippen molar-refractivity contribution >= 4 is 11.9 Å². The number of aromatic nitrogens is 2. The van der Waals surface area contributed by atoms with Crippen LogP contribution in [0.2, 0.25) is 0 Å². The van der Waals surface area contributed by atoms with Gasteiger partial charge in [-0.05, 0) is 32.4 Å². The second-order valence-corrected chi connectivity index (χ2v) is 8.80. The van der Waals surface area contributed by atoms with Crippen LogP contribution < -0.4 is 4.90 Å². The Balaban J connectivity index is 1.38. The van der Waals surface area contributed by atoms with Crippen molar-refractivity contribution in [3.8, 4) is 0 Å². The number of carbonyl (C=O) groups excluding carboxylic acids is 1. The number of morpholine rings is 1. The van der Waals surface area contributed by atoms with E-state index in [1.165, 1.54) is 0 Å². The van der Waals surface area contributed by atoms with E-state index in [9.17, 15) is 4.79 Å². The lowest BCUT2D eigenvalue weighted by atomic mass is 9.80. The van der Waals surface area contributed by atoms with E-state index < -0.39 is 0 Å². The normalized spacial score (nSPS) is 28.7. The number of fused-ring (bicyclic) bond motifs is 2. The van der Waals surface area contributed by atoms with Crippen molar-refractivity contribution in [2.75, 3.05) is 37.7 Å². The van der Waals surface area contributed by atoms with E-state index >= 15 is 0 Å². The van der Waals surface area contributed by atoms with Gasteiger partial charge in [0.2, 0.25) is 11.9 Å². The summed E-state index contributed by atoms with van der Waals surface area (Å²) in [5.41, 5.74) is 1.80. The van der Waals surface area contributed by atoms with Gasteiger partial charge in [0.05, 0.1) is 49.2 Å². The minimum absolute atomic E-state index is 0.0825. The number of nitrogens with zero attached hydrogens (tertiary/aromatic N) is 4. The number of furan rings is 1. The van der Waals surface area contributed by atoms with Gasteiger partial charge >= 0.3 is 0 Å². The van der Waals surface area contributed by atoms with Crippen LogP contribution in [-0.2, 0) is 32.7 Å². The summed E-state index contributed by atoms with van der Waals surface area (Å²) in [5, 5.41) is 0. The van der Waals surface area contributed by atoms with Crippen molar-refractivity contribution in [3.05, 3.63) is 41.6 Å². The molecule has 0 radical (unpaired) electrons. The summed E-state index contributed by atoms with van der Waals surface area (Å²) in [6.07, 6.45) is 4.92. The van der Waals surface area contributed by atoms with Crippen LogP contribution in [-0.4, -0.2) is 65.8 Å². The van der Waals surface area contributed by atoms with E-state index in [2.05, 4.69) is 23.7 Å². The number of likely N-dealkylation sites (tertiary alicyclic amines) is 1. The number of carbonyl (C=O) groups is 1. The molecule has 2 saturated heterocycles. The Morgan fingerprint density at radius 3 is 2.90 bits per heavy atom. The average Bonchev–Trinajstić information content (AvgIpc) is 3.38. The maximum absolute atomic E-state index is 12.8. The van der Waals surface area contributed by atoms with Crippen LogP contribution in [0.1, 0.15) is 37.3 Å². The van der Waals surface area contributed by atoms with Crippen LogP contribution in [0.25, 0.3) is 0 Å². The lowest BCUT2D eigenvalue weighted by molar-refractivity contribution is -0.130. The topological polar surface area (TPSA) is 80.9 Å². The Kier molecular flexibility index (Phi) is 4.99. The zero-order valence-corrected chi connectivity index (χ0v) is 17.5. The molecule has 160 valence electrons. The molecule has 2 fully saturated rings. The van der Waals surface area contributed by atoms with Crippen molar-refractivity contribution < 1.29 is 18.7 Å². The molecule has 0 saturated carbocycles. The van der Waals surface area contributed by atoms with Crippen LogP contribution in [0.5, 0.6) is 0 Å². The Morgan fingerprint density at radius 1 is 1.30 bits per heavy atom. The quantitative estimate of drug-likeness (QED) is 0.762. The predicted octanol–water partition coefficient (Wildman–Crippen LogP) is 1.93. The Morgan fingerprint density at radius 2 is 2.13 bits per heavy atom. The molecule has 0 unspecified atom stereocenters. The molecule has 1 spiro atoms. The number of hydrogen-bond acceptors (Lipinski definition) is 7. The summed E-state index contributed by atoms with van der Waals surface area (Å²) in [6.45, 7) is 8.14. The largest absolute Gasteiger partial charge is 0.469 e. The first-order valence-electron chi connectivity index (χ1n) is 10.7. The third kappa shape index (κ3) is 3.58. The van der Waals surface area contributed by atoms with Crippen LogP contribution in [0.15, 0.2) is 29.0 Å². The van der Waals surface area contributed by atoms with Gasteiger partial charge < -0.3 is 23.7 Å². The summed E-state index contributed by atoms with van der Waals surface area (Å²) >= 11 is 0. The molecular weight excluding hydrogens is 384 g/mol. The van der Waals surface area contributed by atoms with Gasteiger partial charge in [-0.15, -0.1) is 0 Å². The molecule has 2 aromatic heterocycles. The van der Waals surface area contributed by atoms with Crippen molar-refractivity contribution in [3.63, 3.8) is 0 Å². The highest BCUT2D eigenvalue weighted by Gasteiger charge is 2.46. The fraction of sp³-hybridized carbons (Fsp3) is 0.591. The molecule has 8 nitrogen and oxygen atoms in total. The van der Waals surface area contributed by atoms with Gasteiger partial charge in [0, 0.05) is 37.9 Å². The van der Waals surface area contributed by atoms with Crippen LogP contribution in [0.4, 0.5) is 5.95 Å². The summed E-state index contributed by atoms with van der Waals surface area (Å²) < 4.78 is 17.1. The molecule has 2 aromatic rings. The van der Waals surface area contributed by atoms with Gasteiger partial charge in [-0.1, -0.05) is 0 Å². The minimum atomic E-state index is -0.270. The van der Waals surface area contributed by atoms with E-state index in [0.29, 0.717) is 32.1 Å². The summed E-state index contributed by atoms with van der Waals surface area (Å²) in [7, 11) is 0. The molecule has 30 heavy (non-hydrogen) atoms. The molecule has 0 aromatic carbocycles. The molecule has 0 bridgehead atoms. The maximum Gasteiger partial charge on any atom is 0.230 e. The second-order valence-electron chi connectivity index (χ2n) is 8.80. The molecular formula is C22H28N4O4. The van der Waals surface area contributed by atoms with Gasteiger partial charge in [0.25, 0.3) is 0 Å². The fourth-order valence-electron chi connectivity index (χ4n) is 4.95. The van der Waals surface area contributed by atoms with Gasteiger partial charge in [0.1, 0.15) is 5.76 Å². The number of amides is 1. The number of rotatable bonds is 3. The van der Waals surface area contributed by atoms with Crippen molar-refractivity contribution in [1.29, 1.82) is 0 Å². The number of anilines is 1. The van der Waals surface area contributed by atoms with Crippen LogP contribution >= 0.6 is 0 Å². The maximum atomic E-state index is 12.8. The first kappa shape index (κ1) is 19.5. The van der Waals surface area contributed by atoms with E-state index in [-0.39, 0.29) is 30.0 Å². The molecule has 3 atom stereocenters. The van der Waals surface area contributed by atoms with Gasteiger partial charge in [0.15, 0.2) is 0 Å². The zero-order valence-electron chi connectivity index (χ0n) is 17.5. The Labute approximate surface area is 176 Å². The molecule has 1 amide bonds. The third-order valence-corrected chi connectivity index (χ3v) is 6.30. The fourth-order valence-corrected chi connectivity index (χ4v) is 4.95. The zero-order chi connectivity index (χ0) is 20.7. The van der Waals surface area contributed by atoms with Gasteiger partial charge in [-0.2, -0.15) is 0 Å². The summed E-state index contributed by atoms with van der Waals surface area (Å²) in [4.78, 5) is 26.6. The highest BCUT2D eigenvalue weighted by molar-refractivity contribution is 5.78. The smallest absolute Gasteiger partial charge is 0.230 e. The minimum Gasteiger partial charge on any atom is -0.469 e. The van der Waals surface area contributed by atoms with Crippen LogP contribution in [0.3, 0.4) is 0 Å². The van der Waals surface area contributed by atoms with Gasteiger partial charge in [-0.3, -0.25) is 4.79 Å². The molecule has 0 aliphatic carbocycles. The predicted molar refractivity (Wildman–Crippen MR) is 109 cm³/mol. The van der Waals surface area contributed by atoms with E-state index in [1.54, 1.807) is 6.26 Å². The van der Waals surface area contributed by atoms with Crippen LogP contribution in [0, 0.1) is 0 Å². The Bertz CT molecular complexity index is 908. The molecule has 5 heterocycles. The molecule has 8 heteroatoms. The van der Waals surface area contributed by atoms with Crippen molar-refractivity contribution in [2.45, 2.75) is 50.9 Å². The van der Waals surface area contributed by atoms with Crippen molar-refractivity contribution in [2.24, 2.45) is 0 Å². The standard InChI is InChI=1S/C22H28N4O4/c1-15-10-26(11-16(2)30-15)21-23-9-17-12-28-14-22(20(17)24-21)5-6-25(13-22)19(27)8-18-4-3-7-29-18/h3-4,7,9,15-16H,5-6,8,10-14H2,1-2H3/t15-,16+,22-/m0/s1. The lowest BCUT2D eigenvalue weighted by Crippen LogP contribution is -2.47. The molecule has 3 aliphatic heterocycles. The monoisotopic (exact) mass is 412 g/mol. The third-order valence-electron chi connectivity index (χ3n) is 6.30. The van der Waals surface area contributed by atoms with E-state index in [1.807, 2.05) is 23.2 Å². The number of ether oxygens (including phenoxy) is 2. The lowest BCUT2D eigenvalue weighted by Gasteiger charge is -2.38. The SMILES string of the molecule is C[C@@H]1CN(c2ncc3c(n2)[C@]2(CCN(C(=O)Cc4ccco4)C2)COC3)C[C@H](C)O1. The Hall–Kier alpha value is -2.45. The number of hydrogen-bond donors (Lipinski definition) is 0. The average molecular weight is 412 g/mol. The van der Waals surface area contributed by atoms with E-state index in [4.69, 9.17) is 18.9 Å². The summed E-state index contributed by atoms with van der Waals surface area (Å²) in [6, 6.07) is 3.65. The van der Waals surface area contributed by atoms with E-state index in [0.717, 1.165) is 36.7 Å². The molecule has 5 rings (SSSR count). The highest BCUT2D eigenvalue weighted by atomic mass is 16.5. The van der Waals surface area contributed by atoms with Gasteiger partial charge in [-0.25, -0.2) is 9.97 Å². The molecule has 3 aliphatic rings.